The molecule has 0 saturated heterocycles. The summed E-state index contributed by atoms with van der Waals surface area (Å²) in [6.07, 6.45) is 2.25. The predicted octanol–water partition coefficient (Wildman–Crippen LogP) is 2.15. The fourth-order valence-corrected chi connectivity index (χ4v) is 2.28. The Hall–Kier alpha value is -1.20. The van der Waals surface area contributed by atoms with Crippen molar-refractivity contribution in [3.8, 4) is 0 Å². The Labute approximate surface area is 111 Å². The third-order valence-electron chi connectivity index (χ3n) is 3.04. The lowest BCUT2D eigenvalue weighted by molar-refractivity contribution is 0.192. The van der Waals surface area contributed by atoms with E-state index in [4.69, 9.17) is 9.79 Å². The Bertz CT molecular complexity index is 632. The maximum absolute atomic E-state index is 10.5. The summed E-state index contributed by atoms with van der Waals surface area (Å²) in [4.78, 5) is 21.5. The number of aryl methyl sites for hydroxylation is 3. The summed E-state index contributed by atoms with van der Waals surface area (Å²) in [5.74, 6) is 0. The van der Waals surface area contributed by atoms with E-state index < -0.39 is 7.82 Å². The van der Waals surface area contributed by atoms with Gasteiger partial charge in [0.1, 0.15) is 0 Å². The van der Waals surface area contributed by atoms with E-state index in [1.165, 1.54) is 11.1 Å². The fraction of sp³-hybridized carbons (Fsp3) is 0.417. The van der Waals surface area contributed by atoms with Crippen LogP contribution in [0.2, 0.25) is 0 Å². The van der Waals surface area contributed by atoms with Gasteiger partial charge >= 0.3 is 7.82 Å². The second-order valence-electron chi connectivity index (χ2n) is 4.54. The van der Waals surface area contributed by atoms with Crippen molar-refractivity contribution in [3.63, 3.8) is 0 Å². The molecule has 0 aliphatic rings. The van der Waals surface area contributed by atoms with Crippen LogP contribution < -0.4 is 0 Å². The molecule has 104 valence electrons. The van der Waals surface area contributed by atoms with Gasteiger partial charge in [-0.2, -0.15) is 0 Å². The highest BCUT2D eigenvalue weighted by Gasteiger charge is 2.13. The average molecular weight is 284 g/mol. The van der Waals surface area contributed by atoms with Gasteiger partial charge in [0.2, 0.25) is 0 Å². The molecule has 1 aromatic carbocycles. The number of phosphoric acid groups is 1. The Morgan fingerprint density at radius 2 is 2.00 bits per heavy atom. The Morgan fingerprint density at radius 1 is 1.32 bits per heavy atom. The number of hydrogen-bond acceptors (Lipinski definition) is 3. The molecule has 0 atom stereocenters. The maximum atomic E-state index is 10.5. The third kappa shape index (κ3) is 3.64. The standard InChI is InChI=1S/C12H17N2O4P/c1-9-6-11-12(7-10(9)2)14(8-13-11)4-3-5-18-19(15,16)17/h6-8H,3-5H2,1-2H3,(H2,15,16,17). The molecular weight excluding hydrogens is 267 g/mol. The molecule has 2 rings (SSSR count). The fourth-order valence-electron chi connectivity index (χ4n) is 1.91. The SMILES string of the molecule is Cc1cc2ncn(CCCOP(=O)(O)O)c2cc1C. The van der Waals surface area contributed by atoms with Gasteiger partial charge in [0.15, 0.2) is 0 Å². The molecule has 0 fully saturated rings. The van der Waals surface area contributed by atoms with Gasteiger partial charge in [0.05, 0.1) is 24.0 Å². The molecule has 0 radical (unpaired) electrons. The van der Waals surface area contributed by atoms with Crippen molar-refractivity contribution in [3.05, 3.63) is 29.6 Å². The van der Waals surface area contributed by atoms with E-state index in [0.29, 0.717) is 13.0 Å². The molecule has 0 amide bonds. The minimum Gasteiger partial charge on any atom is -0.331 e. The van der Waals surface area contributed by atoms with Crippen molar-refractivity contribution in [1.29, 1.82) is 0 Å². The quantitative estimate of drug-likeness (QED) is 0.649. The molecule has 19 heavy (non-hydrogen) atoms. The molecule has 0 bridgehead atoms. The Morgan fingerprint density at radius 3 is 2.68 bits per heavy atom. The molecule has 0 aliphatic heterocycles. The summed E-state index contributed by atoms with van der Waals surface area (Å²) in [6, 6.07) is 4.11. The lowest BCUT2D eigenvalue weighted by Crippen LogP contribution is -2.01. The second-order valence-corrected chi connectivity index (χ2v) is 5.78. The normalized spacial score (nSPS) is 12.2. The van der Waals surface area contributed by atoms with Crippen molar-refractivity contribution in [2.24, 2.45) is 0 Å². The van der Waals surface area contributed by atoms with E-state index in [1.807, 2.05) is 24.5 Å². The zero-order valence-electron chi connectivity index (χ0n) is 10.9. The van der Waals surface area contributed by atoms with E-state index >= 15 is 0 Å². The summed E-state index contributed by atoms with van der Waals surface area (Å²) in [6.45, 7) is 4.72. The first-order chi connectivity index (χ1) is 8.87. The van der Waals surface area contributed by atoms with Gasteiger partial charge in [0, 0.05) is 6.54 Å². The first-order valence-electron chi connectivity index (χ1n) is 5.99. The van der Waals surface area contributed by atoms with Crippen molar-refractivity contribution in [2.45, 2.75) is 26.8 Å². The highest BCUT2D eigenvalue weighted by molar-refractivity contribution is 7.46. The summed E-state index contributed by atoms with van der Waals surface area (Å²) in [5, 5.41) is 0. The van der Waals surface area contributed by atoms with Crippen LogP contribution in [0.3, 0.4) is 0 Å². The van der Waals surface area contributed by atoms with Crippen LogP contribution >= 0.6 is 7.82 Å². The van der Waals surface area contributed by atoms with Crippen LogP contribution in [0.25, 0.3) is 11.0 Å². The van der Waals surface area contributed by atoms with Gasteiger partial charge in [-0.1, -0.05) is 0 Å². The number of aromatic nitrogens is 2. The summed E-state index contributed by atoms with van der Waals surface area (Å²) < 4.78 is 16.9. The molecule has 0 aliphatic carbocycles. The number of nitrogens with zero attached hydrogens (tertiary/aromatic N) is 2. The van der Waals surface area contributed by atoms with Crippen LogP contribution in [0.15, 0.2) is 18.5 Å². The van der Waals surface area contributed by atoms with Crippen LogP contribution in [-0.2, 0) is 15.6 Å². The molecular formula is C12H17N2O4P. The van der Waals surface area contributed by atoms with E-state index in [-0.39, 0.29) is 6.61 Å². The lowest BCUT2D eigenvalue weighted by atomic mass is 10.1. The van der Waals surface area contributed by atoms with Crippen LogP contribution in [-0.4, -0.2) is 25.9 Å². The molecule has 7 heteroatoms. The Balaban J connectivity index is 2.05. The topological polar surface area (TPSA) is 84.6 Å². The molecule has 0 unspecified atom stereocenters. The van der Waals surface area contributed by atoms with Gasteiger partial charge in [-0.25, -0.2) is 9.55 Å². The maximum Gasteiger partial charge on any atom is 0.469 e. The third-order valence-corrected chi connectivity index (χ3v) is 3.56. The number of hydrogen-bond donors (Lipinski definition) is 2. The molecule has 0 saturated carbocycles. The van der Waals surface area contributed by atoms with Crippen LogP contribution in [0.5, 0.6) is 0 Å². The summed E-state index contributed by atoms with van der Waals surface area (Å²) in [7, 11) is -4.36. The Kier molecular flexibility index (Phi) is 4.06. The number of imidazole rings is 1. The molecule has 1 aromatic heterocycles. The second kappa shape index (κ2) is 5.43. The van der Waals surface area contributed by atoms with E-state index in [0.717, 1.165) is 11.0 Å². The number of rotatable bonds is 5. The van der Waals surface area contributed by atoms with Crippen LogP contribution in [0.1, 0.15) is 17.5 Å². The molecule has 1 heterocycles. The van der Waals surface area contributed by atoms with Crippen molar-refractivity contribution < 1.29 is 18.9 Å². The number of benzene rings is 1. The van der Waals surface area contributed by atoms with Gasteiger partial charge in [-0.3, -0.25) is 4.52 Å². The lowest BCUT2D eigenvalue weighted by Gasteiger charge is -2.07. The molecule has 2 N–H and O–H groups in total. The zero-order chi connectivity index (χ0) is 14.0. The first kappa shape index (κ1) is 14.2. The highest BCUT2D eigenvalue weighted by Crippen LogP contribution is 2.35. The smallest absolute Gasteiger partial charge is 0.331 e. The number of phosphoric ester groups is 1. The molecule has 6 nitrogen and oxygen atoms in total. The van der Waals surface area contributed by atoms with Crippen molar-refractivity contribution >= 4 is 18.9 Å². The minimum absolute atomic E-state index is 0.0226. The average Bonchev–Trinajstić information content (AvgIpc) is 2.67. The largest absolute Gasteiger partial charge is 0.469 e. The van der Waals surface area contributed by atoms with Crippen LogP contribution in [0.4, 0.5) is 0 Å². The predicted molar refractivity (Wildman–Crippen MR) is 71.8 cm³/mol. The number of fused-ring (bicyclic) bond motifs is 1. The zero-order valence-corrected chi connectivity index (χ0v) is 11.8. The van der Waals surface area contributed by atoms with Gasteiger partial charge in [-0.15, -0.1) is 0 Å². The summed E-state index contributed by atoms with van der Waals surface area (Å²) >= 11 is 0. The van der Waals surface area contributed by atoms with E-state index in [9.17, 15) is 4.57 Å². The van der Waals surface area contributed by atoms with Gasteiger partial charge < -0.3 is 14.4 Å². The summed E-state index contributed by atoms with van der Waals surface area (Å²) in [5.41, 5.74) is 4.35. The monoisotopic (exact) mass is 284 g/mol. The minimum atomic E-state index is -4.36. The van der Waals surface area contributed by atoms with Crippen molar-refractivity contribution in [2.75, 3.05) is 6.61 Å². The van der Waals surface area contributed by atoms with Gasteiger partial charge in [0.25, 0.3) is 0 Å². The van der Waals surface area contributed by atoms with Crippen molar-refractivity contribution in [1.82, 2.24) is 9.55 Å². The van der Waals surface area contributed by atoms with Crippen LogP contribution in [0, 0.1) is 13.8 Å². The first-order valence-corrected chi connectivity index (χ1v) is 7.52. The molecule has 2 aromatic rings. The van der Waals surface area contributed by atoms with Gasteiger partial charge in [-0.05, 0) is 43.5 Å². The van der Waals surface area contributed by atoms with E-state index in [1.54, 1.807) is 6.33 Å². The highest BCUT2D eigenvalue weighted by atomic mass is 31.2. The van der Waals surface area contributed by atoms with E-state index in [2.05, 4.69) is 15.6 Å². The molecule has 0 spiro atoms.